The van der Waals surface area contributed by atoms with Gasteiger partial charge in [0.2, 0.25) is 0 Å². The quantitative estimate of drug-likeness (QED) is 0.616. The van der Waals surface area contributed by atoms with Crippen molar-refractivity contribution in [2.75, 3.05) is 6.61 Å². The van der Waals surface area contributed by atoms with E-state index in [1.54, 1.807) is 0 Å². The lowest BCUT2D eigenvalue weighted by molar-refractivity contribution is -0.140. The standard InChI is InChI=1S/C20H19O2P/c1-16(21)22-15-17-9-8-14-20(17)23(18-10-4-2-5-11-18)19-12-6-3-7-13-19/h2-8,10-14H,9,15H2,1H3. The number of rotatable bonds is 5. The molecule has 0 aromatic heterocycles. The molecule has 2 aromatic rings. The van der Waals surface area contributed by atoms with Crippen molar-refractivity contribution in [2.24, 2.45) is 0 Å². The van der Waals surface area contributed by atoms with Crippen molar-refractivity contribution in [3.8, 4) is 0 Å². The molecule has 1 aliphatic rings. The zero-order valence-electron chi connectivity index (χ0n) is 13.1. The molecule has 0 saturated carbocycles. The van der Waals surface area contributed by atoms with Gasteiger partial charge < -0.3 is 4.74 Å². The van der Waals surface area contributed by atoms with E-state index in [0.29, 0.717) is 6.61 Å². The second-order valence-corrected chi connectivity index (χ2v) is 7.57. The third-order valence-corrected chi connectivity index (χ3v) is 6.30. The van der Waals surface area contributed by atoms with Crippen LogP contribution in [-0.2, 0) is 9.53 Å². The monoisotopic (exact) mass is 322 g/mol. The number of ether oxygens (including phenoxy) is 1. The van der Waals surface area contributed by atoms with Crippen LogP contribution in [0, 0.1) is 0 Å². The molecule has 0 aliphatic heterocycles. The van der Waals surface area contributed by atoms with Gasteiger partial charge >= 0.3 is 5.97 Å². The first-order valence-corrected chi connectivity index (χ1v) is 9.02. The van der Waals surface area contributed by atoms with Gasteiger partial charge in [0.1, 0.15) is 6.61 Å². The van der Waals surface area contributed by atoms with E-state index in [-0.39, 0.29) is 5.97 Å². The third kappa shape index (κ3) is 3.78. The maximum absolute atomic E-state index is 11.2. The maximum atomic E-state index is 11.2. The fourth-order valence-electron chi connectivity index (χ4n) is 2.67. The number of carbonyl (C=O) groups excluding carboxylic acids is 1. The Morgan fingerprint density at radius 1 is 1.00 bits per heavy atom. The molecular formula is C20H19O2P. The minimum atomic E-state index is -0.621. The molecule has 0 fully saturated rings. The zero-order chi connectivity index (χ0) is 16.1. The molecule has 0 unspecified atom stereocenters. The Hall–Kier alpha value is -2.18. The minimum Gasteiger partial charge on any atom is -0.461 e. The summed E-state index contributed by atoms with van der Waals surface area (Å²) < 4.78 is 5.25. The summed E-state index contributed by atoms with van der Waals surface area (Å²) in [5.74, 6) is -0.229. The van der Waals surface area contributed by atoms with Crippen molar-refractivity contribution in [2.45, 2.75) is 13.3 Å². The van der Waals surface area contributed by atoms with E-state index in [9.17, 15) is 4.79 Å². The van der Waals surface area contributed by atoms with E-state index in [1.807, 2.05) is 12.1 Å². The van der Waals surface area contributed by atoms with Gasteiger partial charge in [-0.15, -0.1) is 0 Å². The van der Waals surface area contributed by atoms with Crippen LogP contribution < -0.4 is 10.6 Å². The minimum absolute atomic E-state index is 0.229. The van der Waals surface area contributed by atoms with Gasteiger partial charge in [-0.05, 0) is 35.8 Å². The van der Waals surface area contributed by atoms with E-state index < -0.39 is 7.92 Å². The van der Waals surface area contributed by atoms with Gasteiger partial charge in [-0.25, -0.2) is 0 Å². The Morgan fingerprint density at radius 3 is 2.09 bits per heavy atom. The van der Waals surface area contributed by atoms with Crippen molar-refractivity contribution in [3.05, 3.63) is 83.7 Å². The van der Waals surface area contributed by atoms with Crippen LogP contribution in [0.1, 0.15) is 13.3 Å². The molecule has 3 heteroatoms. The van der Waals surface area contributed by atoms with Crippen LogP contribution in [0.5, 0.6) is 0 Å². The first kappa shape index (κ1) is 15.7. The largest absolute Gasteiger partial charge is 0.461 e. The molecule has 0 atom stereocenters. The Morgan fingerprint density at radius 2 is 1.57 bits per heavy atom. The predicted octanol–water partition coefficient (Wildman–Crippen LogP) is 3.90. The molecule has 3 rings (SSSR count). The van der Waals surface area contributed by atoms with Crippen molar-refractivity contribution in [3.63, 3.8) is 0 Å². The van der Waals surface area contributed by atoms with Gasteiger partial charge in [-0.2, -0.15) is 0 Å². The molecule has 2 nitrogen and oxygen atoms in total. The van der Waals surface area contributed by atoms with Gasteiger partial charge in [0.25, 0.3) is 0 Å². The number of hydrogen-bond donors (Lipinski definition) is 0. The van der Waals surface area contributed by atoms with E-state index >= 15 is 0 Å². The summed E-state index contributed by atoms with van der Waals surface area (Å²) >= 11 is 0. The van der Waals surface area contributed by atoms with Gasteiger partial charge in [0, 0.05) is 6.92 Å². The van der Waals surface area contributed by atoms with Crippen LogP contribution in [0.25, 0.3) is 0 Å². The summed E-state index contributed by atoms with van der Waals surface area (Å²) in [7, 11) is -0.621. The van der Waals surface area contributed by atoms with E-state index in [0.717, 1.165) is 6.42 Å². The van der Waals surface area contributed by atoms with Crippen LogP contribution in [0.4, 0.5) is 0 Å². The highest BCUT2D eigenvalue weighted by molar-refractivity contribution is 7.77. The Bertz CT molecular complexity index is 693. The zero-order valence-corrected chi connectivity index (χ0v) is 14.0. The average molecular weight is 322 g/mol. The highest BCUT2D eigenvalue weighted by Crippen LogP contribution is 2.47. The summed E-state index contributed by atoms with van der Waals surface area (Å²) in [5.41, 5.74) is 1.21. The SMILES string of the molecule is CC(=O)OCC1=C(P(c2ccccc2)c2ccccc2)C=CC1. The van der Waals surface area contributed by atoms with E-state index in [1.165, 1.54) is 28.4 Å². The number of carbonyl (C=O) groups is 1. The molecule has 23 heavy (non-hydrogen) atoms. The summed E-state index contributed by atoms with van der Waals surface area (Å²) in [6.45, 7) is 1.84. The first-order chi connectivity index (χ1) is 11.3. The summed E-state index contributed by atoms with van der Waals surface area (Å²) in [6, 6.07) is 21.1. The smallest absolute Gasteiger partial charge is 0.302 e. The molecule has 0 amide bonds. The summed E-state index contributed by atoms with van der Waals surface area (Å²) in [5, 5.41) is 3.94. The third-order valence-electron chi connectivity index (χ3n) is 3.72. The second-order valence-electron chi connectivity index (χ2n) is 5.38. The van der Waals surface area contributed by atoms with Gasteiger partial charge in [0.05, 0.1) is 0 Å². The summed E-state index contributed by atoms with van der Waals surface area (Å²) in [4.78, 5) is 11.2. The average Bonchev–Trinajstić information content (AvgIpc) is 3.03. The molecular weight excluding hydrogens is 303 g/mol. The second kappa shape index (κ2) is 7.39. The topological polar surface area (TPSA) is 26.3 Å². The number of benzene rings is 2. The van der Waals surface area contributed by atoms with Gasteiger partial charge in [0.15, 0.2) is 0 Å². The molecule has 0 N–H and O–H groups in total. The number of allylic oxidation sites excluding steroid dienone is 3. The maximum Gasteiger partial charge on any atom is 0.302 e. The molecule has 2 aromatic carbocycles. The molecule has 0 heterocycles. The molecule has 0 radical (unpaired) electrons. The molecule has 0 bridgehead atoms. The lowest BCUT2D eigenvalue weighted by Crippen LogP contribution is -2.13. The fraction of sp³-hybridized carbons (Fsp3) is 0.150. The molecule has 116 valence electrons. The van der Waals surface area contributed by atoms with Gasteiger partial charge in [-0.3, -0.25) is 4.79 Å². The highest BCUT2D eigenvalue weighted by atomic mass is 31.1. The molecule has 0 spiro atoms. The lowest BCUT2D eigenvalue weighted by atomic mass is 10.2. The van der Waals surface area contributed by atoms with Crippen LogP contribution >= 0.6 is 7.92 Å². The van der Waals surface area contributed by atoms with Crippen molar-refractivity contribution >= 4 is 24.5 Å². The van der Waals surface area contributed by atoms with Gasteiger partial charge in [-0.1, -0.05) is 72.8 Å². The van der Waals surface area contributed by atoms with Crippen LogP contribution in [0.15, 0.2) is 83.7 Å². The Balaban J connectivity index is 2.03. The Kier molecular flexibility index (Phi) is 5.05. The highest BCUT2D eigenvalue weighted by Gasteiger charge is 2.22. The van der Waals surface area contributed by atoms with E-state index in [2.05, 4.69) is 60.7 Å². The predicted molar refractivity (Wildman–Crippen MR) is 96.5 cm³/mol. The summed E-state index contributed by atoms with van der Waals surface area (Å²) in [6.07, 6.45) is 5.22. The normalized spacial score (nSPS) is 13.7. The number of hydrogen-bond acceptors (Lipinski definition) is 2. The van der Waals surface area contributed by atoms with Crippen LogP contribution in [0.3, 0.4) is 0 Å². The van der Waals surface area contributed by atoms with Crippen molar-refractivity contribution in [1.82, 2.24) is 0 Å². The van der Waals surface area contributed by atoms with Crippen LogP contribution in [0.2, 0.25) is 0 Å². The van der Waals surface area contributed by atoms with Crippen molar-refractivity contribution < 1.29 is 9.53 Å². The molecule has 1 aliphatic carbocycles. The Labute approximate surface area is 138 Å². The number of esters is 1. The van der Waals surface area contributed by atoms with Crippen molar-refractivity contribution in [1.29, 1.82) is 0 Å². The first-order valence-electron chi connectivity index (χ1n) is 7.68. The van der Waals surface area contributed by atoms with E-state index in [4.69, 9.17) is 4.74 Å². The molecule has 0 saturated heterocycles. The fourth-order valence-corrected chi connectivity index (χ4v) is 5.19. The van der Waals surface area contributed by atoms with Crippen LogP contribution in [-0.4, -0.2) is 12.6 Å². The lowest BCUT2D eigenvalue weighted by Gasteiger charge is -2.21.